The number of fused-ring (bicyclic) bond motifs is 1. The third-order valence-electron chi connectivity index (χ3n) is 2.12. The number of para-hydroxylation sites is 1. The van der Waals surface area contributed by atoms with Gasteiger partial charge in [-0.3, -0.25) is 10.1 Å². The lowest BCUT2D eigenvalue weighted by Crippen LogP contribution is -2.34. The average Bonchev–Trinajstić information content (AvgIpc) is 2.61. The highest BCUT2D eigenvalue weighted by Gasteiger charge is 2.28. The Balaban J connectivity index is 2.12. The maximum absolute atomic E-state index is 11.3. The van der Waals surface area contributed by atoms with Gasteiger partial charge >= 0.3 is 0 Å². The minimum Gasteiger partial charge on any atom is -0.480 e. The van der Waals surface area contributed by atoms with Gasteiger partial charge < -0.3 is 4.74 Å². The van der Waals surface area contributed by atoms with Crippen molar-refractivity contribution in [1.82, 2.24) is 5.32 Å². The molecule has 1 aromatic carbocycles. The van der Waals surface area contributed by atoms with Crippen LogP contribution in [-0.2, 0) is 11.2 Å². The molecule has 4 heteroatoms. The number of benzene rings is 1. The molecule has 4 nitrogen and oxygen atoms in total. The van der Waals surface area contributed by atoms with Crippen LogP contribution in [0.2, 0.25) is 0 Å². The fourth-order valence-corrected chi connectivity index (χ4v) is 1.46. The number of rotatable bonds is 1. The summed E-state index contributed by atoms with van der Waals surface area (Å²) in [5, 5.41) is 10.3. The van der Waals surface area contributed by atoms with Crippen molar-refractivity contribution in [2.24, 2.45) is 0 Å². The maximum Gasteiger partial charge on any atom is 0.274 e. The summed E-state index contributed by atoms with van der Waals surface area (Å²) in [5.41, 5.74) is 1.01. The Bertz CT molecular complexity index is 384. The van der Waals surface area contributed by atoms with E-state index < -0.39 is 6.10 Å². The zero-order chi connectivity index (χ0) is 9.97. The number of carbonyl (C=O) groups excluding carboxylic acids is 1. The highest BCUT2D eigenvalue weighted by Crippen LogP contribution is 2.27. The van der Waals surface area contributed by atoms with Gasteiger partial charge in [0.15, 0.2) is 12.3 Å². The number of hydrogen-bond acceptors (Lipinski definition) is 3. The SMILES string of the molecule is N#CNC(=O)C1Cc2ccccc2O1. The van der Waals surface area contributed by atoms with Crippen molar-refractivity contribution in [1.29, 1.82) is 5.26 Å². The molecule has 1 amide bonds. The first-order chi connectivity index (χ1) is 6.81. The lowest BCUT2D eigenvalue weighted by molar-refractivity contribution is -0.126. The van der Waals surface area contributed by atoms with E-state index in [0.29, 0.717) is 6.42 Å². The zero-order valence-electron chi connectivity index (χ0n) is 7.36. The van der Waals surface area contributed by atoms with Crippen LogP contribution in [0.1, 0.15) is 5.56 Å². The van der Waals surface area contributed by atoms with Gasteiger partial charge in [-0.1, -0.05) is 18.2 Å². The molecule has 0 fully saturated rings. The standard InChI is InChI=1S/C10H8N2O2/c11-6-12-10(13)9-5-7-3-1-2-4-8(7)14-9/h1-4,9H,5H2,(H,12,13). The summed E-state index contributed by atoms with van der Waals surface area (Å²) in [7, 11) is 0. The van der Waals surface area contributed by atoms with Crippen LogP contribution in [0.3, 0.4) is 0 Å². The summed E-state index contributed by atoms with van der Waals surface area (Å²) in [5.74, 6) is 0.342. The Labute approximate surface area is 81.1 Å². The molecule has 1 aliphatic rings. The van der Waals surface area contributed by atoms with E-state index in [1.165, 1.54) is 0 Å². The molecule has 1 aromatic rings. The van der Waals surface area contributed by atoms with Crippen molar-refractivity contribution < 1.29 is 9.53 Å². The molecule has 1 N–H and O–H groups in total. The normalized spacial score (nSPS) is 17.8. The Morgan fingerprint density at radius 2 is 2.36 bits per heavy atom. The van der Waals surface area contributed by atoms with Crippen LogP contribution in [0.15, 0.2) is 24.3 Å². The summed E-state index contributed by atoms with van der Waals surface area (Å²) in [6.07, 6.45) is 1.56. The Kier molecular flexibility index (Phi) is 2.07. The smallest absolute Gasteiger partial charge is 0.274 e. The molecule has 14 heavy (non-hydrogen) atoms. The zero-order valence-corrected chi connectivity index (χ0v) is 7.36. The molecule has 1 heterocycles. The molecule has 0 spiro atoms. The maximum atomic E-state index is 11.3. The minimum absolute atomic E-state index is 0.385. The van der Waals surface area contributed by atoms with Gasteiger partial charge in [0.2, 0.25) is 0 Å². The third-order valence-corrected chi connectivity index (χ3v) is 2.12. The van der Waals surface area contributed by atoms with Gasteiger partial charge in [-0.25, -0.2) is 0 Å². The first kappa shape index (κ1) is 8.57. The van der Waals surface area contributed by atoms with E-state index in [1.54, 1.807) is 6.19 Å². The van der Waals surface area contributed by atoms with Gasteiger partial charge in [0.1, 0.15) is 5.75 Å². The second-order valence-corrected chi connectivity index (χ2v) is 3.02. The van der Waals surface area contributed by atoms with E-state index in [4.69, 9.17) is 10.00 Å². The first-order valence-electron chi connectivity index (χ1n) is 4.25. The van der Waals surface area contributed by atoms with E-state index in [2.05, 4.69) is 5.32 Å². The fraction of sp³-hybridized carbons (Fsp3) is 0.200. The minimum atomic E-state index is -0.563. The Hall–Kier alpha value is -2.02. The lowest BCUT2D eigenvalue weighted by atomic mass is 10.1. The first-order valence-corrected chi connectivity index (χ1v) is 4.25. The van der Waals surface area contributed by atoms with Gasteiger partial charge in [-0.2, -0.15) is 5.26 Å². The van der Waals surface area contributed by atoms with E-state index >= 15 is 0 Å². The van der Waals surface area contributed by atoms with Crippen LogP contribution in [0.4, 0.5) is 0 Å². The number of carbonyl (C=O) groups is 1. The van der Waals surface area contributed by atoms with E-state index in [1.807, 2.05) is 24.3 Å². The number of nitrogens with zero attached hydrogens (tertiary/aromatic N) is 1. The largest absolute Gasteiger partial charge is 0.480 e. The van der Waals surface area contributed by atoms with Crippen LogP contribution in [0.5, 0.6) is 5.75 Å². The van der Waals surface area contributed by atoms with Gasteiger partial charge in [0.25, 0.3) is 5.91 Å². The van der Waals surface area contributed by atoms with Crippen molar-refractivity contribution in [2.75, 3.05) is 0 Å². The summed E-state index contributed by atoms with van der Waals surface area (Å²) in [4.78, 5) is 11.3. The molecule has 1 atom stereocenters. The molecule has 0 bridgehead atoms. The van der Waals surface area contributed by atoms with Gasteiger partial charge in [-0.15, -0.1) is 0 Å². The number of hydrogen-bond donors (Lipinski definition) is 1. The average molecular weight is 188 g/mol. The van der Waals surface area contributed by atoms with Crippen LogP contribution in [0.25, 0.3) is 0 Å². The van der Waals surface area contributed by atoms with Gasteiger partial charge in [0, 0.05) is 6.42 Å². The molecule has 1 aliphatic heterocycles. The van der Waals surface area contributed by atoms with Crippen LogP contribution in [-0.4, -0.2) is 12.0 Å². The summed E-state index contributed by atoms with van der Waals surface area (Å²) in [6, 6.07) is 7.47. The Morgan fingerprint density at radius 1 is 1.57 bits per heavy atom. The molecular formula is C10H8N2O2. The van der Waals surface area contributed by atoms with Gasteiger partial charge in [0.05, 0.1) is 0 Å². The topological polar surface area (TPSA) is 62.1 Å². The van der Waals surface area contributed by atoms with Crippen LogP contribution >= 0.6 is 0 Å². The van der Waals surface area contributed by atoms with Crippen molar-refractivity contribution in [2.45, 2.75) is 12.5 Å². The molecule has 0 aliphatic carbocycles. The fourth-order valence-electron chi connectivity index (χ4n) is 1.46. The third kappa shape index (κ3) is 1.40. The molecular weight excluding hydrogens is 180 g/mol. The van der Waals surface area contributed by atoms with E-state index in [9.17, 15) is 4.79 Å². The number of nitriles is 1. The van der Waals surface area contributed by atoms with Crippen LogP contribution < -0.4 is 10.1 Å². The van der Waals surface area contributed by atoms with Crippen molar-refractivity contribution >= 4 is 5.91 Å². The molecule has 0 saturated heterocycles. The highest BCUT2D eigenvalue weighted by atomic mass is 16.5. The van der Waals surface area contributed by atoms with E-state index in [-0.39, 0.29) is 5.91 Å². The predicted octanol–water partition coefficient (Wildman–Crippen LogP) is 0.587. The quantitative estimate of drug-likeness (QED) is 0.518. The van der Waals surface area contributed by atoms with E-state index in [0.717, 1.165) is 11.3 Å². The van der Waals surface area contributed by atoms with Crippen LogP contribution in [0, 0.1) is 11.5 Å². The molecule has 70 valence electrons. The number of nitrogens with one attached hydrogen (secondary N) is 1. The molecule has 1 unspecified atom stereocenters. The molecule has 0 saturated carbocycles. The molecule has 0 radical (unpaired) electrons. The highest BCUT2D eigenvalue weighted by molar-refractivity contribution is 5.83. The molecule has 2 rings (SSSR count). The number of ether oxygens (including phenoxy) is 1. The molecule has 0 aromatic heterocycles. The predicted molar refractivity (Wildman–Crippen MR) is 48.3 cm³/mol. The van der Waals surface area contributed by atoms with Crippen molar-refractivity contribution in [3.63, 3.8) is 0 Å². The second kappa shape index (κ2) is 3.38. The van der Waals surface area contributed by atoms with Gasteiger partial charge in [-0.05, 0) is 11.6 Å². The lowest BCUT2D eigenvalue weighted by Gasteiger charge is -2.06. The Morgan fingerprint density at radius 3 is 3.07 bits per heavy atom. The van der Waals surface area contributed by atoms with Crippen molar-refractivity contribution in [3.8, 4) is 11.9 Å². The monoisotopic (exact) mass is 188 g/mol. The second-order valence-electron chi connectivity index (χ2n) is 3.02. The summed E-state index contributed by atoms with van der Waals surface area (Å²) < 4.78 is 5.36. The number of amides is 1. The summed E-state index contributed by atoms with van der Waals surface area (Å²) >= 11 is 0. The summed E-state index contributed by atoms with van der Waals surface area (Å²) in [6.45, 7) is 0. The van der Waals surface area contributed by atoms with Crippen molar-refractivity contribution in [3.05, 3.63) is 29.8 Å².